The van der Waals surface area contributed by atoms with E-state index in [1.165, 1.54) is 24.6 Å². The van der Waals surface area contributed by atoms with E-state index in [-0.39, 0.29) is 23.8 Å². The second-order valence-electron chi connectivity index (χ2n) is 9.60. The summed E-state index contributed by atoms with van der Waals surface area (Å²) in [6, 6.07) is 17.0. The van der Waals surface area contributed by atoms with Gasteiger partial charge in [-0.25, -0.2) is 9.37 Å². The van der Waals surface area contributed by atoms with Crippen molar-refractivity contribution in [3.05, 3.63) is 71.5 Å². The number of benzene rings is 2. The zero-order valence-corrected chi connectivity index (χ0v) is 23.5. The lowest BCUT2D eigenvalue weighted by molar-refractivity contribution is 0.103. The fourth-order valence-electron chi connectivity index (χ4n) is 4.73. The van der Waals surface area contributed by atoms with Crippen molar-refractivity contribution in [2.24, 2.45) is 0 Å². The Labute approximate surface area is 236 Å². The lowest BCUT2D eigenvalue weighted by atomic mass is 10.1. The summed E-state index contributed by atoms with van der Waals surface area (Å²) in [5.41, 5.74) is 1.95. The summed E-state index contributed by atoms with van der Waals surface area (Å²) in [6.07, 6.45) is 1.17. The Kier molecular flexibility index (Phi) is 8.13. The first kappa shape index (κ1) is 27.4. The number of methoxy groups -OCH3 is 2. The number of piperazine rings is 1. The van der Waals surface area contributed by atoms with Crippen LogP contribution >= 0.6 is 11.3 Å². The van der Waals surface area contributed by atoms with E-state index in [1.54, 1.807) is 31.4 Å². The first-order chi connectivity index (χ1) is 19.3. The summed E-state index contributed by atoms with van der Waals surface area (Å²) in [4.78, 5) is 25.2. The van der Waals surface area contributed by atoms with Gasteiger partial charge in [0.25, 0.3) is 5.91 Å². The zero-order chi connectivity index (χ0) is 28.2. The third-order valence-corrected chi connectivity index (χ3v) is 7.60. The third-order valence-electron chi connectivity index (χ3n) is 6.49. The molecule has 9 nitrogen and oxygen atoms in total. The molecule has 11 heteroatoms. The second kappa shape index (κ2) is 11.9. The van der Waals surface area contributed by atoms with Gasteiger partial charge in [0, 0.05) is 47.4 Å². The highest BCUT2D eigenvalue weighted by molar-refractivity contribution is 7.17. The summed E-state index contributed by atoms with van der Waals surface area (Å²) < 4.78 is 25.6. The molecule has 208 valence electrons. The molecule has 5 rings (SSSR count). The van der Waals surface area contributed by atoms with Gasteiger partial charge in [0.2, 0.25) is 5.95 Å². The van der Waals surface area contributed by atoms with Gasteiger partial charge in [-0.15, -0.1) is 11.3 Å². The van der Waals surface area contributed by atoms with Crippen LogP contribution in [-0.2, 0) is 0 Å². The number of halogens is 1. The van der Waals surface area contributed by atoms with E-state index in [9.17, 15) is 9.18 Å². The standard InChI is InChI=1S/C29H31FN6O3S/c1-17-15-36(16-18(2)32-17)29-31-14-21(30)27(35-29)33-19-9-10-22(24(13-19)39-4)34-28(37)26-12-11-25(40-26)20-7-5-6-8-23(20)38-3/h5-14,17-18,32H,15-16H2,1-4H3,(H,34,37)(H,31,33,35)/t17-,18+. The molecule has 0 radical (unpaired) electrons. The molecular weight excluding hydrogens is 531 g/mol. The van der Waals surface area contributed by atoms with Crippen LogP contribution in [0.1, 0.15) is 23.5 Å². The van der Waals surface area contributed by atoms with Crippen LogP contribution in [0.5, 0.6) is 11.5 Å². The minimum Gasteiger partial charge on any atom is -0.496 e. The molecule has 0 saturated carbocycles. The number of hydrogen-bond acceptors (Lipinski definition) is 9. The van der Waals surface area contributed by atoms with Crippen molar-refractivity contribution >= 4 is 40.4 Å². The van der Waals surface area contributed by atoms with Gasteiger partial charge < -0.3 is 30.3 Å². The van der Waals surface area contributed by atoms with Crippen molar-refractivity contribution in [1.29, 1.82) is 0 Å². The van der Waals surface area contributed by atoms with E-state index < -0.39 is 5.82 Å². The van der Waals surface area contributed by atoms with Crippen LogP contribution in [0.3, 0.4) is 0 Å². The molecule has 1 aliphatic heterocycles. The Bertz CT molecular complexity index is 1500. The average Bonchev–Trinajstić information content (AvgIpc) is 3.45. The molecule has 0 aliphatic carbocycles. The van der Waals surface area contributed by atoms with Crippen molar-refractivity contribution in [1.82, 2.24) is 15.3 Å². The molecule has 1 fully saturated rings. The molecule has 2 atom stereocenters. The van der Waals surface area contributed by atoms with Crippen LogP contribution in [0.25, 0.3) is 10.4 Å². The number of aromatic nitrogens is 2. The van der Waals surface area contributed by atoms with E-state index in [0.717, 1.165) is 29.3 Å². The molecule has 2 aromatic carbocycles. The van der Waals surface area contributed by atoms with Gasteiger partial charge in [-0.3, -0.25) is 4.79 Å². The SMILES string of the molecule is COc1cc(Nc2nc(N3C[C@@H](C)N[C@@H](C)C3)ncc2F)ccc1NC(=O)c1ccc(-c2ccccc2OC)s1. The Hall–Kier alpha value is -4.22. The van der Waals surface area contributed by atoms with Crippen molar-refractivity contribution in [2.75, 3.05) is 42.8 Å². The third kappa shape index (κ3) is 6.00. The minimum atomic E-state index is -0.570. The smallest absolute Gasteiger partial charge is 0.265 e. The molecule has 40 heavy (non-hydrogen) atoms. The topological polar surface area (TPSA) is 101 Å². The number of para-hydroxylation sites is 1. The van der Waals surface area contributed by atoms with Crippen LogP contribution in [0.4, 0.5) is 27.5 Å². The molecule has 0 bridgehead atoms. The molecule has 1 amide bonds. The number of hydrogen-bond donors (Lipinski definition) is 3. The fraction of sp³-hybridized carbons (Fsp3) is 0.276. The van der Waals surface area contributed by atoms with Crippen LogP contribution < -0.4 is 30.3 Å². The van der Waals surface area contributed by atoms with Gasteiger partial charge in [-0.1, -0.05) is 12.1 Å². The summed E-state index contributed by atoms with van der Waals surface area (Å²) in [6.45, 7) is 5.63. The fourth-order valence-corrected chi connectivity index (χ4v) is 5.67. The first-order valence-electron chi connectivity index (χ1n) is 12.9. The number of ether oxygens (including phenoxy) is 2. The first-order valence-corrected chi connectivity index (χ1v) is 13.7. The summed E-state index contributed by atoms with van der Waals surface area (Å²) in [5, 5.41) is 9.40. The maximum atomic E-state index is 14.7. The average molecular weight is 563 g/mol. The van der Waals surface area contributed by atoms with Gasteiger partial charge in [-0.05, 0) is 50.2 Å². The second-order valence-corrected chi connectivity index (χ2v) is 10.7. The highest BCUT2D eigenvalue weighted by Gasteiger charge is 2.24. The lowest BCUT2D eigenvalue weighted by Crippen LogP contribution is -2.54. The normalized spacial score (nSPS) is 16.9. The van der Waals surface area contributed by atoms with Crippen molar-refractivity contribution in [3.8, 4) is 21.9 Å². The largest absolute Gasteiger partial charge is 0.496 e. The van der Waals surface area contributed by atoms with Crippen molar-refractivity contribution in [2.45, 2.75) is 25.9 Å². The Balaban J connectivity index is 1.31. The van der Waals surface area contributed by atoms with Crippen molar-refractivity contribution in [3.63, 3.8) is 0 Å². The van der Waals surface area contributed by atoms with Crippen LogP contribution in [0, 0.1) is 5.82 Å². The van der Waals surface area contributed by atoms with Crippen LogP contribution in [-0.4, -0.2) is 55.3 Å². The number of rotatable bonds is 8. The summed E-state index contributed by atoms with van der Waals surface area (Å²) in [7, 11) is 3.13. The maximum absolute atomic E-state index is 14.7. The van der Waals surface area contributed by atoms with E-state index in [0.29, 0.717) is 27.9 Å². The Morgan fingerprint density at radius 2 is 1.80 bits per heavy atom. The van der Waals surface area contributed by atoms with Gasteiger partial charge in [0.05, 0.1) is 31.0 Å². The van der Waals surface area contributed by atoms with Gasteiger partial charge >= 0.3 is 0 Å². The highest BCUT2D eigenvalue weighted by Crippen LogP contribution is 2.36. The van der Waals surface area contributed by atoms with Crippen molar-refractivity contribution < 1.29 is 18.7 Å². The number of nitrogens with zero attached hydrogens (tertiary/aromatic N) is 3. The Morgan fingerprint density at radius 3 is 2.55 bits per heavy atom. The van der Waals surface area contributed by atoms with E-state index in [2.05, 4.69) is 39.8 Å². The molecule has 2 aromatic heterocycles. The number of thiophene rings is 1. The lowest BCUT2D eigenvalue weighted by Gasteiger charge is -2.36. The Morgan fingerprint density at radius 1 is 1.05 bits per heavy atom. The van der Waals surface area contributed by atoms with Crippen LogP contribution in [0.2, 0.25) is 0 Å². The van der Waals surface area contributed by atoms with E-state index in [1.807, 2.05) is 35.2 Å². The number of amides is 1. The predicted molar refractivity (Wildman–Crippen MR) is 157 cm³/mol. The predicted octanol–water partition coefficient (Wildman–Crippen LogP) is 5.54. The molecule has 0 spiro atoms. The molecule has 0 unspecified atom stereocenters. The summed E-state index contributed by atoms with van der Waals surface area (Å²) >= 11 is 1.37. The number of nitrogens with one attached hydrogen (secondary N) is 3. The van der Waals surface area contributed by atoms with Crippen LogP contribution in [0.15, 0.2) is 60.8 Å². The van der Waals surface area contributed by atoms with E-state index in [4.69, 9.17) is 9.47 Å². The molecule has 1 aliphatic rings. The van der Waals surface area contributed by atoms with Gasteiger partial charge in [-0.2, -0.15) is 4.98 Å². The molecule has 3 heterocycles. The van der Waals surface area contributed by atoms with E-state index >= 15 is 0 Å². The number of carbonyl (C=O) groups is 1. The monoisotopic (exact) mass is 562 g/mol. The molecule has 4 aromatic rings. The molecular formula is C29H31FN6O3S. The minimum absolute atomic E-state index is 0.0603. The number of carbonyl (C=O) groups excluding carboxylic acids is 1. The zero-order valence-electron chi connectivity index (χ0n) is 22.7. The summed E-state index contributed by atoms with van der Waals surface area (Å²) in [5.74, 6) is 0.842. The molecule has 1 saturated heterocycles. The highest BCUT2D eigenvalue weighted by atomic mass is 32.1. The quantitative estimate of drug-likeness (QED) is 0.257. The maximum Gasteiger partial charge on any atom is 0.265 e. The van der Waals surface area contributed by atoms with Gasteiger partial charge in [0.15, 0.2) is 11.6 Å². The van der Waals surface area contributed by atoms with Gasteiger partial charge in [0.1, 0.15) is 11.5 Å². The molecule has 3 N–H and O–H groups in total. The number of anilines is 4.